The van der Waals surface area contributed by atoms with E-state index in [1.807, 2.05) is 81.4 Å². The molecule has 3 aliphatic rings. The minimum atomic E-state index is -4.02. The predicted octanol–water partition coefficient (Wildman–Crippen LogP) is 7.59. The van der Waals surface area contributed by atoms with Crippen LogP contribution in [0, 0.1) is 6.92 Å². The number of ether oxygens (including phenoxy) is 4. The van der Waals surface area contributed by atoms with Gasteiger partial charge in [-0.1, -0.05) is 85.8 Å². The summed E-state index contributed by atoms with van der Waals surface area (Å²) >= 11 is 0. The van der Waals surface area contributed by atoms with Gasteiger partial charge in [-0.2, -0.15) is 8.42 Å². The lowest BCUT2D eigenvalue weighted by Crippen LogP contribution is -2.41. The van der Waals surface area contributed by atoms with Gasteiger partial charge in [-0.3, -0.25) is 9.35 Å². The molecule has 0 saturated carbocycles. The second kappa shape index (κ2) is 20.8. The molecular formula is C40H54N2O10S. The van der Waals surface area contributed by atoms with Gasteiger partial charge in [-0.25, -0.2) is 9.59 Å². The molecule has 0 aliphatic carbocycles. The normalized spacial score (nSPS) is 19.6. The minimum absolute atomic E-state index is 0. The van der Waals surface area contributed by atoms with Crippen molar-refractivity contribution < 1.29 is 46.3 Å². The standard InChI is InChI=1S/C17H23NO4.C15H19NO3.C7H8O3S.CH4/c1-14-12-17(21-10-11-22-17)8-5-9-18(14)16(19)20-13-15-6-3-2-4-7-15;1-12-10-14(17)8-5-9-16(12)15(18)19-11-13-6-3-2-4-7-13;1-6-2-4-7(5-3-6)11(8,9)10;/h2-4,6-7,14H,5,8-13H2,1H3;2-4,6-7,12H,5,8-11H2,1H3;2-5H,1H3,(H,8,9,10);1H4. The molecule has 53 heavy (non-hydrogen) atoms. The van der Waals surface area contributed by atoms with Crippen LogP contribution in [-0.2, 0) is 47.1 Å². The van der Waals surface area contributed by atoms with Gasteiger partial charge in [0.2, 0.25) is 0 Å². The van der Waals surface area contributed by atoms with Gasteiger partial charge in [0.15, 0.2) is 5.79 Å². The first-order chi connectivity index (χ1) is 24.8. The molecule has 2 amide bonds. The van der Waals surface area contributed by atoms with Gasteiger partial charge in [0, 0.05) is 50.9 Å². The topological polar surface area (TPSA) is 149 Å². The number of aryl methyl sites for hydroxylation is 1. The maximum absolute atomic E-state index is 12.4. The van der Waals surface area contributed by atoms with E-state index in [1.165, 1.54) is 12.1 Å². The first-order valence-electron chi connectivity index (χ1n) is 17.6. The van der Waals surface area contributed by atoms with Crippen LogP contribution in [0.2, 0.25) is 0 Å². The average Bonchev–Trinajstić information content (AvgIpc) is 3.42. The minimum Gasteiger partial charge on any atom is -0.445 e. The number of likely N-dealkylation sites (tertiary alicyclic amines) is 2. The van der Waals surface area contributed by atoms with E-state index >= 15 is 0 Å². The number of rotatable bonds is 5. The third-order valence-electron chi connectivity index (χ3n) is 9.02. The molecule has 12 nitrogen and oxygen atoms in total. The lowest BCUT2D eigenvalue weighted by Gasteiger charge is -2.30. The summed E-state index contributed by atoms with van der Waals surface area (Å²) in [4.78, 5) is 39.2. The molecular weight excluding hydrogens is 701 g/mol. The van der Waals surface area contributed by atoms with Gasteiger partial charge in [-0.05, 0) is 56.9 Å². The Hall–Kier alpha value is -4.30. The Morgan fingerprint density at radius 3 is 1.79 bits per heavy atom. The van der Waals surface area contributed by atoms with Crippen LogP contribution < -0.4 is 0 Å². The number of benzene rings is 3. The molecule has 0 aromatic heterocycles. The molecule has 3 saturated heterocycles. The van der Waals surface area contributed by atoms with Crippen molar-refractivity contribution in [1.29, 1.82) is 0 Å². The highest BCUT2D eigenvalue weighted by Crippen LogP contribution is 2.34. The van der Waals surface area contributed by atoms with E-state index in [9.17, 15) is 22.8 Å². The SMILES string of the molecule is C.CC1CC(=O)CCCN1C(=O)OCc1ccccc1.CC1CC2(CCCN1C(=O)OCc1ccccc1)OCCO2.Cc1ccc(S(=O)(=O)O)cc1. The number of hydrogen-bond acceptors (Lipinski definition) is 9. The van der Waals surface area contributed by atoms with E-state index in [-0.39, 0.29) is 49.0 Å². The van der Waals surface area contributed by atoms with Crippen molar-refractivity contribution in [3.8, 4) is 0 Å². The quantitative estimate of drug-likeness (QED) is 0.258. The van der Waals surface area contributed by atoms with E-state index in [2.05, 4.69) is 0 Å². The fourth-order valence-electron chi connectivity index (χ4n) is 6.23. The number of hydrogen-bond donors (Lipinski definition) is 1. The van der Waals surface area contributed by atoms with E-state index in [1.54, 1.807) is 21.9 Å². The van der Waals surface area contributed by atoms with Crippen LogP contribution in [0.1, 0.15) is 76.5 Å². The Balaban J connectivity index is 0.000000223. The van der Waals surface area contributed by atoms with E-state index in [0.29, 0.717) is 52.2 Å². The van der Waals surface area contributed by atoms with Gasteiger partial charge < -0.3 is 28.7 Å². The highest BCUT2D eigenvalue weighted by molar-refractivity contribution is 7.85. The molecule has 3 aromatic rings. The van der Waals surface area contributed by atoms with Crippen molar-refractivity contribution >= 4 is 28.1 Å². The third kappa shape index (κ3) is 13.9. The lowest BCUT2D eigenvalue weighted by molar-refractivity contribution is -0.168. The summed E-state index contributed by atoms with van der Waals surface area (Å²) in [5.74, 6) is -0.265. The van der Waals surface area contributed by atoms with Crippen LogP contribution in [0.5, 0.6) is 0 Å². The number of Topliss-reactive ketones (excluding diaryl/α,β-unsaturated/α-hetero) is 1. The molecule has 0 bridgehead atoms. The van der Waals surface area contributed by atoms with Crippen molar-refractivity contribution in [2.75, 3.05) is 26.3 Å². The number of carbonyl (C=O) groups is 3. The Morgan fingerprint density at radius 2 is 1.28 bits per heavy atom. The van der Waals surface area contributed by atoms with Crippen LogP contribution in [-0.4, -0.2) is 84.9 Å². The molecule has 3 heterocycles. The van der Waals surface area contributed by atoms with E-state index in [4.69, 9.17) is 23.5 Å². The smallest absolute Gasteiger partial charge is 0.410 e. The molecule has 3 aliphatic heterocycles. The summed E-state index contributed by atoms with van der Waals surface area (Å²) in [5.41, 5.74) is 2.92. The fourth-order valence-corrected chi connectivity index (χ4v) is 6.71. The van der Waals surface area contributed by atoms with Crippen LogP contribution >= 0.6 is 0 Å². The highest BCUT2D eigenvalue weighted by atomic mass is 32.2. The summed E-state index contributed by atoms with van der Waals surface area (Å²) in [6.45, 7) is 8.92. The number of carbonyl (C=O) groups excluding carboxylic acids is 3. The van der Waals surface area contributed by atoms with Crippen LogP contribution in [0.4, 0.5) is 9.59 Å². The molecule has 1 N–H and O–H groups in total. The molecule has 6 rings (SSSR count). The first-order valence-corrected chi connectivity index (χ1v) is 19.1. The highest BCUT2D eigenvalue weighted by Gasteiger charge is 2.42. The zero-order chi connectivity index (χ0) is 37.6. The van der Waals surface area contributed by atoms with E-state index < -0.39 is 15.9 Å². The van der Waals surface area contributed by atoms with Crippen molar-refractivity contribution in [3.63, 3.8) is 0 Å². The fraction of sp³-hybridized carbons (Fsp3) is 0.475. The maximum atomic E-state index is 12.4. The summed E-state index contributed by atoms with van der Waals surface area (Å²) in [6.07, 6.45) is 3.53. The van der Waals surface area contributed by atoms with Gasteiger partial charge >= 0.3 is 12.2 Å². The lowest BCUT2D eigenvalue weighted by atomic mass is 10.0. The van der Waals surface area contributed by atoms with Gasteiger partial charge in [0.05, 0.1) is 18.1 Å². The molecule has 3 aromatic carbocycles. The zero-order valence-electron chi connectivity index (χ0n) is 30.1. The predicted molar refractivity (Wildman–Crippen MR) is 201 cm³/mol. The summed E-state index contributed by atoms with van der Waals surface area (Å²) in [7, 11) is -4.02. The average molecular weight is 755 g/mol. The Morgan fingerprint density at radius 1 is 0.792 bits per heavy atom. The third-order valence-corrected chi connectivity index (χ3v) is 9.88. The van der Waals surface area contributed by atoms with Gasteiger partial charge in [-0.15, -0.1) is 0 Å². The first kappa shape index (κ1) is 43.1. The van der Waals surface area contributed by atoms with Crippen molar-refractivity contribution in [3.05, 3.63) is 102 Å². The molecule has 290 valence electrons. The van der Waals surface area contributed by atoms with Crippen LogP contribution in [0.3, 0.4) is 0 Å². The van der Waals surface area contributed by atoms with Crippen LogP contribution in [0.25, 0.3) is 0 Å². The summed E-state index contributed by atoms with van der Waals surface area (Å²) < 4.78 is 51.9. The second-order valence-corrected chi connectivity index (χ2v) is 14.6. The van der Waals surface area contributed by atoms with Crippen molar-refractivity contribution in [2.24, 2.45) is 0 Å². The van der Waals surface area contributed by atoms with Gasteiger partial charge in [0.1, 0.15) is 19.0 Å². The van der Waals surface area contributed by atoms with Crippen molar-refractivity contribution in [1.82, 2.24) is 9.80 Å². The number of nitrogens with zero attached hydrogens (tertiary/aromatic N) is 2. The molecule has 2 atom stereocenters. The molecule has 2 unspecified atom stereocenters. The second-order valence-electron chi connectivity index (χ2n) is 13.2. The molecule has 13 heteroatoms. The van der Waals surface area contributed by atoms with Crippen LogP contribution in [0.15, 0.2) is 89.8 Å². The molecule has 1 spiro atoms. The largest absolute Gasteiger partial charge is 0.445 e. The number of amides is 2. The van der Waals surface area contributed by atoms with Crippen molar-refractivity contribution in [2.45, 2.75) is 103 Å². The zero-order valence-corrected chi connectivity index (χ0v) is 31.0. The Bertz CT molecular complexity index is 1680. The summed E-state index contributed by atoms with van der Waals surface area (Å²) in [5, 5.41) is 0. The monoisotopic (exact) mass is 754 g/mol. The van der Waals surface area contributed by atoms with Gasteiger partial charge in [0.25, 0.3) is 10.1 Å². The Kier molecular flexibility index (Phi) is 16.9. The maximum Gasteiger partial charge on any atom is 0.410 e. The molecule has 3 fully saturated rings. The van der Waals surface area contributed by atoms with E-state index in [0.717, 1.165) is 36.0 Å². The Labute approximate surface area is 314 Å². The summed E-state index contributed by atoms with van der Waals surface area (Å²) in [6, 6.07) is 25.3. The molecule has 0 radical (unpaired) electrons. The number of ketones is 1.